The number of aryl methyl sites for hydroxylation is 1. The number of likely N-dealkylation sites (N-methyl/N-ethyl adjacent to an activating group) is 1. The third kappa shape index (κ3) is 9.19. The molecule has 0 unspecified atom stereocenters. The van der Waals surface area contributed by atoms with Crippen molar-refractivity contribution < 1.29 is 23.9 Å². The number of thiazole rings is 1. The van der Waals surface area contributed by atoms with Crippen LogP contribution in [0.25, 0.3) is 33.4 Å². The molecule has 2 aliphatic rings. The Bertz CT molecular complexity index is 2280. The van der Waals surface area contributed by atoms with Crippen LogP contribution in [0.1, 0.15) is 82.7 Å². The van der Waals surface area contributed by atoms with Crippen LogP contribution in [-0.4, -0.2) is 94.7 Å². The molecule has 3 aromatic heterocycles. The molecule has 2 saturated heterocycles. The number of nitrogens with zero attached hydrogens (tertiary/aromatic N) is 5. The Morgan fingerprint density at radius 2 is 1.85 bits per heavy atom. The molecule has 5 atom stereocenters. The molecule has 2 fully saturated rings. The third-order valence-corrected chi connectivity index (χ3v) is 12.7. The average Bonchev–Trinajstić information content (AvgIpc) is 4.02. The van der Waals surface area contributed by atoms with E-state index in [0.717, 1.165) is 63.3 Å². The number of carbonyl (C=O) groups excluding carboxylic acids is 3. The average molecular weight is 834 g/mol. The Kier molecular flexibility index (Phi) is 13.5. The van der Waals surface area contributed by atoms with Crippen molar-refractivity contribution in [3.63, 3.8) is 0 Å². The number of hydrogen-bond acceptors (Lipinski definition) is 10. The van der Waals surface area contributed by atoms with Crippen LogP contribution in [0.15, 0.2) is 77.8 Å². The molecule has 0 radical (unpaired) electrons. The zero-order valence-corrected chi connectivity index (χ0v) is 36.8. The van der Waals surface area contributed by atoms with Crippen molar-refractivity contribution in [3.05, 3.63) is 94.6 Å². The first-order chi connectivity index (χ1) is 28.9. The van der Waals surface area contributed by atoms with Gasteiger partial charge in [0.2, 0.25) is 5.91 Å². The van der Waals surface area contributed by atoms with Gasteiger partial charge in [0.25, 0.3) is 5.91 Å². The highest BCUT2D eigenvalue weighted by Gasteiger charge is 2.40. The highest BCUT2D eigenvalue weighted by Crippen LogP contribution is 2.42. The largest absolute Gasteiger partial charge is 0.464 e. The van der Waals surface area contributed by atoms with Gasteiger partial charge in [-0.3, -0.25) is 24.4 Å². The normalized spacial score (nSPS) is 19.6. The summed E-state index contributed by atoms with van der Waals surface area (Å²) >= 11 is 1.57. The molecule has 0 aliphatic carbocycles. The molecule has 2 aromatic carbocycles. The zero-order valence-electron chi connectivity index (χ0n) is 35.9. The van der Waals surface area contributed by atoms with E-state index in [1.165, 1.54) is 5.01 Å². The highest BCUT2D eigenvalue weighted by atomic mass is 32.1. The summed E-state index contributed by atoms with van der Waals surface area (Å²) in [6.07, 6.45) is 3.78. The van der Waals surface area contributed by atoms with Gasteiger partial charge in [-0.15, -0.1) is 11.3 Å². The monoisotopic (exact) mass is 833 g/mol. The van der Waals surface area contributed by atoms with Crippen molar-refractivity contribution >= 4 is 40.0 Å². The van der Waals surface area contributed by atoms with Gasteiger partial charge in [-0.1, -0.05) is 57.2 Å². The molecule has 2 amide bonds. The number of ether oxygens (including phenoxy) is 2. The molecule has 0 spiro atoms. The molecule has 2 N–H and O–H groups in total. The fraction of sp³-hybridized carbons (Fsp3) is 0.468. The van der Waals surface area contributed by atoms with Crippen molar-refractivity contribution in [1.29, 1.82) is 0 Å². The number of carbonyl (C=O) groups is 3. The number of fused-ring (bicyclic) bond motifs is 1. The fourth-order valence-corrected chi connectivity index (χ4v) is 9.49. The summed E-state index contributed by atoms with van der Waals surface area (Å²) in [5, 5.41) is 7.75. The van der Waals surface area contributed by atoms with Gasteiger partial charge in [0.05, 0.1) is 41.2 Å². The quantitative estimate of drug-likeness (QED) is 0.104. The van der Waals surface area contributed by atoms with E-state index in [4.69, 9.17) is 14.5 Å². The van der Waals surface area contributed by atoms with Crippen molar-refractivity contribution in [1.82, 2.24) is 35.2 Å². The molecule has 318 valence electrons. The van der Waals surface area contributed by atoms with Crippen LogP contribution in [0, 0.1) is 11.3 Å². The second kappa shape index (κ2) is 18.8. The summed E-state index contributed by atoms with van der Waals surface area (Å²) in [4.78, 5) is 53.0. The van der Waals surface area contributed by atoms with E-state index in [-0.39, 0.29) is 36.4 Å². The highest BCUT2D eigenvalue weighted by molar-refractivity contribution is 7.07. The van der Waals surface area contributed by atoms with E-state index in [1.54, 1.807) is 24.6 Å². The first kappa shape index (κ1) is 43.1. The number of benzene rings is 2. The van der Waals surface area contributed by atoms with Gasteiger partial charge >= 0.3 is 5.97 Å². The summed E-state index contributed by atoms with van der Waals surface area (Å²) in [5.74, 6) is -0.996. The predicted molar refractivity (Wildman–Crippen MR) is 236 cm³/mol. The van der Waals surface area contributed by atoms with E-state index in [1.807, 2.05) is 50.7 Å². The Balaban J connectivity index is 1.06. The molecule has 12 nitrogen and oxygen atoms in total. The number of likely N-dealkylation sites (tertiary alicyclic amines) is 1. The summed E-state index contributed by atoms with van der Waals surface area (Å²) in [6.45, 7) is 13.0. The number of hydrogen-bond donors (Lipinski definition) is 2. The maximum absolute atomic E-state index is 13.9. The number of nitrogens with one attached hydrogen (secondary N) is 2. The number of hydrazine groups is 1. The smallest absolute Gasteiger partial charge is 0.324 e. The Morgan fingerprint density at radius 3 is 2.57 bits per heavy atom. The number of methoxy groups -OCH3 is 1. The van der Waals surface area contributed by atoms with Crippen LogP contribution in [0.3, 0.4) is 0 Å². The first-order valence-corrected chi connectivity index (χ1v) is 22.2. The molecule has 0 bridgehead atoms. The molecule has 7 rings (SSSR count). The van der Waals surface area contributed by atoms with Crippen molar-refractivity contribution in [3.8, 4) is 22.5 Å². The molecular weight excluding hydrogens is 775 g/mol. The molecule has 5 aromatic rings. The van der Waals surface area contributed by atoms with Gasteiger partial charge in [0, 0.05) is 78.2 Å². The summed E-state index contributed by atoms with van der Waals surface area (Å²) in [7, 11) is 3.72. The second-order valence-electron chi connectivity index (χ2n) is 17.1. The van der Waals surface area contributed by atoms with Crippen molar-refractivity contribution in [2.45, 2.75) is 91.0 Å². The lowest BCUT2D eigenvalue weighted by Crippen LogP contribution is -2.60. The van der Waals surface area contributed by atoms with E-state index in [9.17, 15) is 14.4 Å². The predicted octanol–water partition coefficient (Wildman–Crippen LogP) is 7.40. The standard InChI is InChI=1S/C47H59N7O5S/c1-8-38(50-44(55)37-26-52(6)25-36(37)31-15-11-10-12-16-31)45(56)54-22-14-18-39(51-54)46(57)59-28-47(4,5)24-35-34-23-32(40-27-60-29-49-40)19-20-41(34)53(9-2)43(35)33-17-13-21-48-42(33)30(3)58-7/h10-13,15-17,19-21,23,27,29-30,36-39,51H,8-9,14,18,22,24-26,28H2,1-7H3,(H,50,55)/t30-,36+,37-,38-,39-/m0/s1. The molecule has 5 heterocycles. The third-order valence-electron chi connectivity index (χ3n) is 12.1. The minimum absolute atomic E-state index is 0.0466. The van der Waals surface area contributed by atoms with E-state index in [2.05, 4.69) is 87.7 Å². The van der Waals surface area contributed by atoms with Gasteiger partial charge in [-0.05, 0) is 82.0 Å². The number of esters is 1. The summed E-state index contributed by atoms with van der Waals surface area (Å²) < 4.78 is 14.3. The van der Waals surface area contributed by atoms with E-state index in [0.29, 0.717) is 38.8 Å². The summed E-state index contributed by atoms with van der Waals surface area (Å²) in [6, 6.07) is 19.3. The van der Waals surface area contributed by atoms with Crippen LogP contribution in [-0.2, 0) is 36.8 Å². The second-order valence-corrected chi connectivity index (χ2v) is 17.8. The minimum Gasteiger partial charge on any atom is -0.464 e. The maximum Gasteiger partial charge on any atom is 0.324 e. The van der Waals surface area contributed by atoms with Crippen LogP contribution in [0.4, 0.5) is 0 Å². The van der Waals surface area contributed by atoms with E-state index < -0.39 is 23.5 Å². The number of amides is 2. The van der Waals surface area contributed by atoms with Gasteiger partial charge in [-0.2, -0.15) is 0 Å². The minimum atomic E-state index is -0.719. The van der Waals surface area contributed by atoms with Gasteiger partial charge in [-0.25, -0.2) is 10.4 Å². The fourth-order valence-electron chi connectivity index (χ4n) is 8.93. The van der Waals surface area contributed by atoms with Crippen molar-refractivity contribution in [2.75, 3.05) is 40.4 Å². The lowest BCUT2D eigenvalue weighted by atomic mass is 9.84. The number of pyridine rings is 1. The molecular formula is C47H59N7O5S. The van der Waals surface area contributed by atoms with Crippen LogP contribution in [0.5, 0.6) is 0 Å². The first-order valence-electron chi connectivity index (χ1n) is 21.2. The lowest BCUT2D eigenvalue weighted by Gasteiger charge is -2.35. The van der Waals surface area contributed by atoms with Crippen LogP contribution < -0.4 is 10.7 Å². The molecule has 13 heteroatoms. The van der Waals surface area contributed by atoms with Crippen LogP contribution in [0.2, 0.25) is 0 Å². The van der Waals surface area contributed by atoms with E-state index >= 15 is 0 Å². The Hall–Kier alpha value is -4.95. The van der Waals surface area contributed by atoms with Gasteiger partial charge in [0.15, 0.2) is 0 Å². The maximum atomic E-state index is 13.9. The molecule has 0 saturated carbocycles. The zero-order chi connectivity index (χ0) is 42.6. The van der Waals surface area contributed by atoms with Gasteiger partial charge < -0.3 is 24.3 Å². The van der Waals surface area contributed by atoms with Crippen molar-refractivity contribution in [2.24, 2.45) is 11.3 Å². The summed E-state index contributed by atoms with van der Waals surface area (Å²) in [5.41, 5.74) is 12.8. The number of rotatable bonds is 15. The lowest BCUT2D eigenvalue weighted by molar-refractivity contribution is -0.155. The molecule has 60 heavy (non-hydrogen) atoms. The van der Waals surface area contributed by atoms with Gasteiger partial charge in [0.1, 0.15) is 12.1 Å². The SMILES string of the molecule is CC[C@H](NC(=O)[C@H]1CN(C)C[C@@H]1c1ccccc1)C(=O)N1CCC[C@@H](C(=O)OCC(C)(C)Cc2c(-c3cccnc3[C@H](C)OC)n(CC)c3ccc(-c4cscn4)cc23)N1. The molecule has 2 aliphatic heterocycles. The topological polar surface area (TPSA) is 131 Å². The Morgan fingerprint density at radius 1 is 1.05 bits per heavy atom. The Labute approximate surface area is 357 Å². The van der Waals surface area contributed by atoms with Crippen LogP contribution >= 0.6 is 11.3 Å². The number of aromatic nitrogens is 3.